The van der Waals surface area contributed by atoms with Crippen LogP contribution in [0.3, 0.4) is 0 Å². The molecule has 1 N–H and O–H groups in total. The van der Waals surface area contributed by atoms with Crippen LogP contribution in [0.1, 0.15) is 0 Å². The van der Waals surface area contributed by atoms with Crippen molar-refractivity contribution in [3.05, 3.63) is 69.4 Å². The molecule has 0 unspecified atom stereocenters. The molecule has 0 saturated carbocycles. The Labute approximate surface area is 141 Å². The number of hydrogen-bond acceptors (Lipinski definition) is 4. The minimum atomic E-state index is -0.296. The molecule has 7 heteroatoms. The summed E-state index contributed by atoms with van der Waals surface area (Å²) in [5, 5.41) is 5.70. The number of rotatable bonds is 4. The Kier molecular flexibility index (Phi) is 4.55. The van der Waals surface area contributed by atoms with E-state index in [4.69, 9.17) is 11.6 Å². The lowest BCUT2D eigenvalue weighted by molar-refractivity contribution is -0.116. The first kappa shape index (κ1) is 15.5. The number of anilines is 1. The number of carbonyl (C=O) groups excluding carboxylic acids is 1. The maximum absolute atomic E-state index is 12.0. The summed E-state index contributed by atoms with van der Waals surface area (Å²) in [7, 11) is 0. The average molecular weight is 346 g/mol. The van der Waals surface area contributed by atoms with Crippen molar-refractivity contribution >= 4 is 34.0 Å². The van der Waals surface area contributed by atoms with Crippen LogP contribution in [0.25, 0.3) is 11.3 Å². The fourth-order valence-electron chi connectivity index (χ4n) is 1.99. The molecule has 3 rings (SSSR count). The summed E-state index contributed by atoms with van der Waals surface area (Å²) in [4.78, 5) is 28.0. The standard InChI is InChI=1S/C16H12ClN3O2S/c17-12-6-4-11(5-7-12)13-10-23-16(18-13)19-14(21)9-20-8-2-1-3-15(20)22/h1-8,10H,9H2,(H,18,19,21). The second-order valence-corrected chi connectivity index (χ2v) is 6.05. The minimum Gasteiger partial charge on any atom is -0.306 e. The van der Waals surface area contributed by atoms with Gasteiger partial charge in [0.15, 0.2) is 5.13 Å². The Morgan fingerprint density at radius 3 is 2.74 bits per heavy atom. The number of hydrogen-bond donors (Lipinski definition) is 1. The Morgan fingerprint density at radius 1 is 1.22 bits per heavy atom. The molecule has 1 amide bonds. The van der Waals surface area contributed by atoms with Gasteiger partial charge >= 0.3 is 0 Å². The lowest BCUT2D eigenvalue weighted by Crippen LogP contribution is -2.26. The molecule has 0 aliphatic heterocycles. The van der Waals surface area contributed by atoms with Crippen molar-refractivity contribution in [2.75, 3.05) is 5.32 Å². The van der Waals surface area contributed by atoms with Crippen LogP contribution >= 0.6 is 22.9 Å². The van der Waals surface area contributed by atoms with Crippen LogP contribution in [0, 0.1) is 0 Å². The van der Waals surface area contributed by atoms with Crippen molar-refractivity contribution in [1.82, 2.24) is 9.55 Å². The van der Waals surface area contributed by atoms with E-state index in [1.54, 1.807) is 30.5 Å². The van der Waals surface area contributed by atoms with Gasteiger partial charge in [-0.15, -0.1) is 11.3 Å². The Bertz CT molecular complexity index is 887. The van der Waals surface area contributed by atoms with E-state index in [2.05, 4.69) is 10.3 Å². The second kappa shape index (κ2) is 6.76. The van der Waals surface area contributed by atoms with Gasteiger partial charge < -0.3 is 9.88 Å². The predicted molar refractivity (Wildman–Crippen MR) is 91.9 cm³/mol. The number of carbonyl (C=O) groups is 1. The van der Waals surface area contributed by atoms with Gasteiger partial charge in [0, 0.05) is 28.2 Å². The molecule has 0 fully saturated rings. The zero-order valence-electron chi connectivity index (χ0n) is 11.9. The van der Waals surface area contributed by atoms with Crippen molar-refractivity contribution in [2.24, 2.45) is 0 Å². The van der Waals surface area contributed by atoms with Gasteiger partial charge in [-0.25, -0.2) is 4.98 Å². The van der Waals surface area contributed by atoms with Crippen molar-refractivity contribution in [1.29, 1.82) is 0 Å². The molecule has 116 valence electrons. The SMILES string of the molecule is O=C(Cn1ccccc1=O)Nc1nc(-c2ccc(Cl)cc2)cs1. The highest BCUT2D eigenvalue weighted by molar-refractivity contribution is 7.14. The number of nitrogens with zero attached hydrogens (tertiary/aromatic N) is 2. The summed E-state index contributed by atoms with van der Waals surface area (Å²) >= 11 is 7.19. The van der Waals surface area contributed by atoms with Gasteiger partial charge in [0.25, 0.3) is 5.56 Å². The summed E-state index contributed by atoms with van der Waals surface area (Å²) < 4.78 is 1.34. The monoisotopic (exact) mass is 345 g/mol. The van der Waals surface area contributed by atoms with Crippen LogP contribution in [0.4, 0.5) is 5.13 Å². The van der Waals surface area contributed by atoms with E-state index in [0.717, 1.165) is 11.3 Å². The van der Waals surface area contributed by atoms with Gasteiger partial charge in [0.05, 0.1) is 5.69 Å². The van der Waals surface area contributed by atoms with Gasteiger partial charge in [-0.2, -0.15) is 0 Å². The Balaban J connectivity index is 1.69. The van der Waals surface area contributed by atoms with Crippen LogP contribution in [0.5, 0.6) is 0 Å². The summed E-state index contributed by atoms with van der Waals surface area (Å²) in [5.74, 6) is -0.296. The molecule has 0 radical (unpaired) electrons. The van der Waals surface area contributed by atoms with Gasteiger partial charge in [-0.3, -0.25) is 9.59 Å². The smallest absolute Gasteiger partial charge is 0.250 e. The summed E-state index contributed by atoms with van der Waals surface area (Å²) in [6, 6.07) is 12.1. The number of nitrogens with one attached hydrogen (secondary N) is 1. The van der Waals surface area contributed by atoms with Crippen LogP contribution in [0.2, 0.25) is 5.02 Å². The molecule has 2 heterocycles. The number of pyridine rings is 1. The third-order valence-corrected chi connectivity index (χ3v) is 4.11. The lowest BCUT2D eigenvalue weighted by Gasteiger charge is -2.04. The first-order chi connectivity index (χ1) is 11.1. The Hall–Kier alpha value is -2.44. The molecular formula is C16H12ClN3O2S. The zero-order chi connectivity index (χ0) is 16.2. The average Bonchev–Trinajstić information content (AvgIpc) is 2.98. The number of thiazole rings is 1. The van der Waals surface area contributed by atoms with Crippen molar-refractivity contribution in [3.8, 4) is 11.3 Å². The van der Waals surface area contributed by atoms with Crippen LogP contribution in [-0.4, -0.2) is 15.5 Å². The van der Waals surface area contributed by atoms with Gasteiger partial charge in [-0.1, -0.05) is 29.8 Å². The van der Waals surface area contributed by atoms with E-state index < -0.39 is 0 Å². The summed E-state index contributed by atoms with van der Waals surface area (Å²) in [6.45, 7) is -0.0461. The maximum atomic E-state index is 12.0. The van der Waals surface area contributed by atoms with Crippen LogP contribution in [-0.2, 0) is 11.3 Å². The van der Waals surface area contributed by atoms with Crippen molar-refractivity contribution in [2.45, 2.75) is 6.54 Å². The highest BCUT2D eigenvalue weighted by atomic mass is 35.5. The molecule has 0 saturated heterocycles. The molecule has 0 bridgehead atoms. The molecule has 5 nitrogen and oxygen atoms in total. The topological polar surface area (TPSA) is 64.0 Å². The molecule has 0 aliphatic rings. The van der Waals surface area contributed by atoms with E-state index in [1.807, 2.05) is 17.5 Å². The number of benzene rings is 1. The van der Waals surface area contributed by atoms with Gasteiger partial charge in [0.2, 0.25) is 5.91 Å². The first-order valence-corrected chi connectivity index (χ1v) is 8.04. The molecule has 0 spiro atoms. The zero-order valence-corrected chi connectivity index (χ0v) is 13.5. The lowest BCUT2D eigenvalue weighted by atomic mass is 10.2. The molecule has 0 aliphatic carbocycles. The third kappa shape index (κ3) is 3.85. The molecule has 3 aromatic rings. The van der Waals surface area contributed by atoms with Crippen LogP contribution < -0.4 is 10.9 Å². The van der Waals surface area contributed by atoms with Gasteiger partial charge in [-0.05, 0) is 18.2 Å². The normalized spacial score (nSPS) is 10.5. The maximum Gasteiger partial charge on any atom is 0.250 e. The first-order valence-electron chi connectivity index (χ1n) is 6.78. The van der Waals surface area contributed by atoms with Gasteiger partial charge in [0.1, 0.15) is 6.54 Å². The van der Waals surface area contributed by atoms with E-state index in [-0.39, 0.29) is 18.0 Å². The largest absolute Gasteiger partial charge is 0.306 e. The predicted octanol–water partition coefficient (Wildman–Crippen LogP) is 3.26. The number of aromatic nitrogens is 2. The minimum absolute atomic E-state index is 0.0461. The van der Waals surface area contributed by atoms with E-state index in [9.17, 15) is 9.59 Å². The molecule has 0 atom stereocenters. The third-order valence-electron chi connectivity index (χ3n) is 3.10. The van der Waals surface area contributed by atoms with Crippen molar-refractivity contribution in [3.63, 3.8) is 0 Å². The second-order valence-electron chi connectivity index (χ2n) is 4.76. The van der Waals surface area contributed by atoms with E-state index >= 15 is 0 Å². The highest BCUT2D eigenvalue weighted by Crippen LogP contribution is 2.25. The Morgan fingerprint density at radius 2 is 2.00 bits per heavy atom. The van der Waals surface area contributed by atoms with E-state index in [0.29, 0.717) is 10.2 Å². The fourth-order valence-corrected chi connectivity index (χ4v) is 2.85. The highest BCUT2D eigenvalue weighted by Gasteiger charge is 2.09. The summed E-state index contributed by atoms with van der Waals surface area (Å²) in [6.07, 6.45) is 1.57. The summed E-state index contributed by atoms with van der Waals surface area (Å²) in [5.41, 5.74) is 1.47. The van der Waals surface area contributed by atoms with Crippen LogP contribution in [0.15, 0.2) is 58.8 Å². The van der Waals surface area contributed by atoms with Crippen molar-refractivity contribution < 1.29 is 4.79 Å². The molecular weight excluding hydrogens is 334 g/mol. The fraction of sp³-hybridized carbons (Fsp3) is 0.0625. The molecule has 2 aromatic heterocycles. The number of amides is 1. The molecule has 23 heavy (non-hydrogen) atoms. The molecule has 1 aromatic carbocycles. The number of halogens is 1. The quantitative estimate of drug-likeness (QED) is 0.789. The van der Waals surface area contributed by atoms with E-state index in [1.165, 1.54) is 22.0 Å².